The van der Waals surface area contributed by atoms with Crippen LogP contribution in [0.4, 0.5) is 5.69 Å². The van der Waals surface area contributed by atoms with Crippen molar-refractivity contribution in [3.05, 3.63) is 33.1 Å². The van der Waals surface area contributed by atoms with E-state index in [0.717, 1.165) is 31.2 Å². The first-order valence-corrected chi connectivity index (χ1v) is 8.21. The Morgan fingerprint density at radius 2 is 2.22 bits per heavy atom. The van der Waals surface area contributed by atoms with Crippen molar-refractivity contribution in [1.82, 2.24) is 4.57 Å². The van der Waals surface area contributed by atoms with Gasteiger partial charge in [0.25, 0.3) is 11.6 Å². The predicted molar refractivity (Wildman–Crippen MR) is 87.8 cm³/mol. The summed E-state index contributed by atoms with van der Waals surface area (Å²) in [6.45, 7) is 0.272. The number of non-ortho nitro benzene ring substituents is 1. The Bertz CT molecular complexity index is 882. The summed E-state index contributed by atoms with van der Waals surface area (Å²) in [6, 6.07) is 4.58. The van der Waals surface area contributed by atoms with Crippen molar-refractivity contribution >= 4 is 33.1 Å². The number of rotatable bonds is 3. The van der Waals surface area contributed by atoms with Crippen LogP contribution in [0.15, 0.2) is 23.2 Å². The monoisotopic (exact) mass is 329 g/mol. The second-order valence-electron chi connectivity index (χ2n) is 5.52. The van der Waals surface area contributed by atoms with Gasteiger partial charge < -0.3 is 4.57 Å². The van der Waals surface area contributed by atoms with Crippen LogP contribution in [0.25, 0.3) is 10.2 Å². The minimum Gasteiger partial charge on any atom is -0.305 e. The standard InChI is InChI=1S/C16H15N3O3S/c1-2-9-18-13-8-7-12(19(21)22)10-14(13)23-16(18)17-15(20)11-5-3-4-6-11/h1,7-8,10-11H,3-6,9H2. The van der Waals surface area contributed by atoms with E-state index in [4.69, 9.17) is 6.42 Å². The summed E-state index contributed by atoms with van der Waals surface area (Å²) in [6.07, 6.45) is 9.30. The average molecular weight is 329 g/mol. The highest BCUT2D eigenvalue weighted by Crippen LogP contribution is 2.26. The van der Waals surface area contributed by atoms with Crippen LogP contribution < -0.4 is 4.80 Å². The first-order chi connectivity index (χ1) is 11.1. The molecule has 7 heteroatoms. The van der Waals surface area contributed by atoms with Crippen LogP contribution >= 0.6 is 11.3 Å². The number of fused-ring (bicyclic) bond motifs is 1. The van der Waals surface area contributed by atoms with Gasteiger partial charge >= 0.3 is 0 Å². The zero-order chi connectivity index (χ0) is 16.4. The number of nitro benzene ring substituents is 1. The second kappa shape index (κ2) is 6.34. The number of thiazole rings is 1. The topological polar surface area (TPSA) is 77.5 Å². The minimum atomic E-state index is -0.439. The molecule has 1 amide bonds. The number of hydrogen-bond donors (Lipinski definition) is 0. The molecule has 0 radical (unpaired) electrons. The molecule has 23 heavy (non-hydrogen) atoms. The van der Waals surface area contributed by atoms with Gasteiger partial charge in [0.05, 0.1) is 21.7 Å². The van der Waals surface area contributed by atoms with Gasteiger partial charge in [0.15, 0.2) is 4.80 Å². The summed E-state index contributed by atoms with van der Waals surface area (Å²) in [5.74, 6) is 2.43. The molecule has 1 aliphatic rings. The number of carbonyl (C=O) groups excluding carboxylic acids is 1. The molecule has 1 aromatic carbocycles. The molecular formula is C16H15N3O3S. The molecule has 0 aliphatic heterocycles. The molecule has 1 fully saturated rings. The van der Waals surface area contributed by atoms with E-state index in [0.29, 0.717) is 9.50 Å². The molecule has 0 spiro atoms. The van der Waals surface area contributed by atoms with E-state index in [1.54, 1.807) is 10.6 Å². The summed E-state index contributed by atoms with van der Waals surface area (Å²) >= 11 is 1.26. The number of benzene rings is 1. The first kappa shape index (κ1) is 15.4. The van der Waals surface area contributed by atoms with Gasteiger partial charge in [-0.3, -0.25) is 14.9 Å². The smallest absolute Gasteiger partial charge is 0.270 e. The summed E-state index contributed by atoms with van der Waals surface area (Å²) in [4.78, 5) is 27.5. The van der Waals surface area contributed by atoms with Crippen LogP contribution in [0.5, 0.6) is 0 Å². The Kier molecular flexibility index (Phi) is 4.26. The molecule has 1 aromatic heterocycles. The fourth-order valence-corrected chi connectivity index (χ4v) is 3.93. The lowest BCUT2D eigenvalue weighted by Gasteiger charge is -2.02. The number of nitrogens with zero attached hydrogens (tertiary/aromatic N) is 3. The molecule has 0 bridgehead atoms. The summed E-state index contributed by atoms with van der Waals surface area (Å²) in [7, 11) is 0. The number of amides is 1. The van der Waals surface area contributed by atoms with Crippen molar-refractivity contribution in [3.63, 3.8) is 0 Å². The SMILES string of the molecule is C#CCn1c(=NC(=O)C2CCCC2)sc2cc([N+](=O)[O-])ccc21. The molecule has 0 unspecified atom stereocenters. The molecule has 2 aromatic rings. The van der Waals surface area contributed by atoms with Gasteiger partial charge in [0.1, 0.15) is 0 Å². The van der Waals surface area contributed by atoms with Crippen LogP contribution in [-0.2, 0) is 11.3 Å². The molecule has 0 saturated heterocycles. The van der Waals surface area contributed by atoms with Gasteiger partial charge in [-0.2, -0.15) is 4.99 Å². The van der Waals surface area contributed by atoms with Crippen molar-refractivity contribution < 1.29 is 9.72 Å². The van der Waals surface area contributed by atoms with Crippen LogP contribution in [0.2, 0.25) is 0 Å². The zero-order valence-electron chi connectivity index (χ0n) is 12.4. The van der Waals surface area contributed by atoms with Gasteiger partial charge in [-0.05, 0) is 18.9 Å². The van der Waals surface area contributed by atoms with Crippen molar-refractivity contribution in [2.45, 2.75) is 32.2 Å². The Labute approximate surface area is 136 Å². The Morgan fingerprint density at radius 3 is 2.87 bits per heavy atom. The van der Waals surface area contributed by atoms with Crippen molar-refractivity contribution in [3.8, 4) is 12.3 Å². The lowest BCUT2D eigenvalue weighted by atomic mass is 10.1. The molecule has 118 valence electrons. The lowest BCUT2D eigenvalue weighted by Crippen LogP contribution is -2.19. The second-order valence-corrected chi connectivity index (χ2v) is 6.52. The average Bonchev–Trinajstić information content (AvgIpc) is 3.16. The summed E-state index contributed by atoms with van der Waals surface area (Å²) in [5, 5.41) is 10.9. The van der Waals surface area contributed by atoms with Crippen LogP contribution in [0.3, 0.4) is 0 Å². The quantitative estimate of drug-likeness (QED) is 0.493. The lowest BCUT2D eigenvalue weighted by molar-refractivity contribution is -0.384. The minimum absolute atomic E-state index is 0.00571. The number of hydrogen-bond acceptors (Lipinski definition) is 4. The highest BCUT2D eigenvalue weighted by molar-refractivity contribution is 7.16. The maximum atomic E-state index is 12.3. The molecule has 6 nitrogen and oxygen atoms in total. The van der Waals surface area contributed by atoms with Crippen LogP contribution in [-0.4, -0.2) is 15.4 Å². The maximum absolute atomic E-state index is 12.3. The van der Waals surface area contributed by atoms with Gasteiger partial charge in [-0.15, -0.1) is 6.42 Å². The molecule has 0 atom stereocenters. The summed E-state index contributed by atoms with van der Waals surface area (Å²) < 4.78 is 2.46. The van der Waals surface area contributed by atoms with Gasteiger partial charge in [0, 0.05) is 18.1 Å². The Hall–Kier alpha value is -2.46. The maximum Gasteiger partial charge on any atom is 0.270 e. The van der Waals surface area contributed by atoms with E-state index < -0.39 is 4.92 Å². The number of aromatic nitrogens is 1. The van der Waals surface area contributed by atoms with Crippen molar-refractivity contribution in [1.29, 1.82) is 0 Å². The molecule has 1 aliphatic carbocycles. The highest BCUT2D eigenvalue weighted by Gasteiger charge is 2.22. The molecular weight excluding hydrogens is 314 g/mol. The van der Waals surface area contributed by atoms with Crippen LogP contribution in [0.1, 0.15) is 25.7 Å². The van der Waals surface area contributed by atoms with E-state index >= 15 is 0 Å². The predicted octanol–water partition coefficient (Wildman–Crippen LogP) is 2.86. The molecule has 0 N–H and O–H groups in total. The zero-order valence-corrected chi connectivity index (χ0v) is 13.2. The fourth-order valence-electron chi connectivity index (χ4n) is 2.86. The molecule has 3 rings (SSSR count). The van der Waals surface area contributed by atoms with E-state index in [9.17, 15) is 14.9 Å². The van der Waals surface area contributed by atoms with Gasteiger partial charge in [-0.1, -0.05) is 30.1 Å². The van der Waals surface area contributed by atoms with E-state index in [-0.39, 0.29) is 24.1 Å². The first-order valence-electron chi connectivity index (χ1n) is 7.40. The Morgan fingerprint density at radius 1 is 1.48 bits per heavy atom. The van der Waals surface area contributed by atoms with Gasteiger partial charge in [-0.25, -0.2) is 0 Å². The third-order valence-electron chi connectivity index (χ3n) is 4.04. The molecule has 1 saturated carbocycles. The highest BCUT2D eigenvalue weighted by atomic mass is 32.1. The van der Waals surface area contributed by atoms with Crippen LogP contribution in [0, 0.1) is 28.4 Å². The van der Waals surface area contributed by atoms with E-state index in [2.05, 4.69) is 10.9 Å². The van der Waals surface area contributed by atoms with E-state index in [1.807, 2.05) is 0 Å². The summed E-state index contributed by atoms with van der Waals surface area (Å²) in [5.41, 5.74) is 0.775. The Balaban J connectivity index is 2.11. The molecule has 1 heterocycles. The van der Waals surface area contributed by atoms with E-state index in [1.165, 1.54) is 23.5 Å². The van der Waals surface area contributed by atoms with Gasteiger partial charge in [0.2, 0.25) is 0 Å². The number of terminal acetylenes is 1. The largest absolute Gasteiger partial charge is 0.305 e. The van der Waals surface area contributed by atoms with Crippen molar-refractivity contribution in [2.24, 2.45) is 10.9 Å². The third-order valence-corrected chi connectivity index (χ3v) is 5.08. The number of carbonyl (C=O) groups is 1. The number of nitro groups is 1. The van der Waals surface area contributed by atoms with Crippen molar-refractivity contribution in [2.75, 3.05) is 0 Å². The third kappa shape index (κ3) is 3.03. The normalized spacial score (nSPS) is 15.9. The fraction of sp³-hybridized carbons (Fsp3) is 0.375.